The third-order valence-corrected chi connectivity index (χ3v) is 4.79. The first-order valence-corrected chi connectivity index (χ1v) is 8.87. The van der Waals surface area contributed by atoms with E-state index in [1.165, 1.54) is 6.26 Å². The fraction of sp³-hybridized carbons (Fsp3) is 0.400. The van der Waals surface area contributed by atoms with Gasteiger partial charge in [0.15, 0.2) is 5.76 Å². The van der Waals surface area contributed by atoms with Gasteiger partial charge in [-0.2, -0.15) is 0 Å². The van der Waals surface area contributed by atoms with Gasteiger partial charge in [0, 0.05) is 19.1 Å². The molecule has 1 aromatic carbocycles. The number of likely N-dealkylation sites (tertiary alicyclic amines) is 1. The van der Waals surface area contributed by atoms with Crippen molar-refractivity contribution in [3.63, 3.8) is 0 Å². The van der Waals surface area contributed by atoms with Gasteiger partial charge < -0.3 is 14.6 Å². The second-order valence-corrected chi connectivity index (χ2v) is 6.42. The fourth-order valence-corrected chi connectivity index (χ4v) is 3.34. The zero-order valence-electron chi connectivity index (χ0n) is 14.5. The van der Waals surface area contributed by atoms with Gasteiger partial charge in [0.1, 0.15) is 0 Å². The smallest absolute Gasteiger partial charge is 0.289 e. The van der Waals surface area contributed by atoms with E-state index in [1.54, 1.807) is 17.0 Å². The van der Waals surface area contributed by atoms with Gasteiger partial charge in [0.05, 0.1) is 12.2 Å². The lowest BCUT2D eigenvalue weighted by Crippen LogP contribution is -2.47. The van der Waals surface area contributed by atoms with Crippen LogP contribution in [-0.2, 0) is 4.79 Å². The van der Waals surface area contributed by atoms with Crippen LogP contribution < -0.4 is 5.32 Å². The molecule has 0 spiro atoms. The molecule has 25 heavy (non-hydrogen) atoms. The first kappa shape index (κ1) is 17.3. The lowest BCUT2D eigenvalue weighted by molar-refractivity contribution is -0.123. The minimum atomic E-state index is -0.121. The van der Waals surface area contributed by atoms with E-state index < -0.39 is 0 Å². The monoisotopic (exact) mass is 340 g/mol. The quantitative estimate of drug-likeness (QED) is 0.909. The van der Waals surface area contributed by atoms with Gasteiger partial charge in [0.2, 0.25) is 5.91 Å². The largest absolute Gasteiger partial charge is 0.459 e. The molecule has 3 rings (SSSR count). The standard InChI is InChI=1S/C20H24N2O3/c1-2-17(15-7-4-3-5-8-15)19(23)21-16-10-12-22(13-11-16)20(24)18-9-6-14-25-18/h3-9,14,16-17H,2,10-13H2,1H3,(H,21,23). The molecular formula is C20H24N2O3. The van der Waals surface area contributed by atoms with E-state index in [2.05, 4.69) is 5.32 Å². The molecule has 2 aromatic rings. The Morgan fingerprint density at radius 2 is 1.88 bits per heavy atom. The Morgan fingerprint density at radius 1 is 1.16 bits per heavy atom. The second kappa shape index (κ2) is 8.01. The van der Waals surface area contributed by atoms with Gasteiger partial charge in [-0.3, -0.25) is 9.59 Å². The van der Waals surface area contributed by atoms with E-state index in [-0.39, 0.29) is 23.8 Å². The van der Waals surface area contributed by atoms with Gasteiger partial charge in [0.25, 0.3) is 5.91 Å². The first-order valence-electron chi connectivity index (χ1n) is 8.87. The molecule has 2 heterocycles. The highest BCUT2D eigenvalue weighted by Gasteiger charge is 2.27. The predicted octanol–water partition coefficient (Wildman–Crippen LogP) is 3.19. The number of furan rings is 1. The minimum Gasteiger partial charge on any atom is -0.459 e. The van der Waals surface area contributed by atoms with Crippen LogP contribution in [0.25, 0.3) is 0 Å². The molecule has 132 valence electrons. The average molecular weight is 340 g/mol. The molecular weight excluding hydrogens is 316 g/mol. The SMILES string of the molecule is CCC(C(=O)NC1CCN(C(=O)c2ccco2)CC1)c1ccccc1. The molecule has 5 nitrogen and oxygen atoms in total. The first-order chi connectivity index (χ1) is 12.2. The van der Waals surface area contributed by atoms with Crippen molar-refractivity contribution in [1.82, 2.24) is 10.2 Å². The van der Waals surface area contributed by atoms with Gasteiger partial charge in [-0.05, 0) is 37.0 Å². The van der Waals surface area contributed by atoms with E-state index in [9.17, 15) is 9.59 Å². The zero-order valence-corrected chi connectivity index (χ0v) is 14.5. The minimum absolute atomic E-state index is 0.0736. The van der Waals surface area contributed by atoms with Gasteiger partial charge >= 0.3 is 0 Å². The molecule has 0 aliphatic carbocycles. The summed E-state index contributed by atoms with van der Waals surface area (Å²) in [4.78, 5) is 26.7. The summed E-state index contributed by atoms with van der Waals surface area (Å²) in [6, 6.07) is 13.4. The molecule has 1 saturated heterocycles. The number of hydrogen-bond donors (Lipinski definition) is 1. The molecule has 0 radical (unpaired) electrons. The van der Waals surface area contributed by atoms with Crippen LogP contribution in [0, 0.1) is 0 Å². The number of nitrogens with one attached hydrogen (secondary N) is 1. The molecule has 1 N–H and O–H groups in total. The number of carbonyl (C=O) groups is 2. The summed E-state index contributed by atoms with van der Waals surface area (Å²) in [6.07, 6.45) is 3.81. The Morgan fingerprint density at radius 3 is 2.48 bits per heavy atom. The maximum Gasteiger partial charge on any atom is 0.289 e. The summed E-state index contributed by atoms with van der Waals surface area (Å²) in [6.45, 7) is 3.29. The predicted molar refractivity (Wildman–Crippen MR) is 95.3 cm³/mol. The number of benzene rings is 1. The van der Waals surface area contributed by atoms with Crippen molar-refractivity contribution in [2.45, 2.75) is 38.1 Å². The van der Waals surface area contributed by atoms with Crippen molar-refractivity contribution < 1.29 is 14.0 Å². The van der Waals surface area contributed by atoms with Crippen molar-refractivity contribution in [2.75, 3.05) is 13.1 Å². The van der Waals surface area contributed by atoms with Crippen molar-refractivity contribution in [1.29, 1.82) is 0 Å². The number of amides is 2. The Kier molecular flexibility index (Phi) is 5.53. The molecule has 1 fully saturated rings. The number of piperidine rings is 1. The van der Waals surface area contributed by atoms with Gasteiger partial charge in [-0.25, -0.2) is 0 Å². The summed E-state index contributed by atoms with van der Waals surface area (Å²) in [5, 5.41) is 3.16. The molecule has 1 atom stereocenters. The highest BCUT2D eigenvalue weighted by atomic mass is 16.3. The molecule has 0 saturated carbocycles. The second-order valence-electron chi connectivity index (χ2n) is 6.42. The maximum absolute atomic E-state index is 12.6. The average Bonchev–Trinajstić information content (AvgIpc) is 3.18. The van der Waals surface area contributed by atoms with E-state index in [0.717, 1.165) is 24.8 Å². The summed E-state index contributed by atoms with van der Waals surface area (Å²) >= 11 is 0. The van der Waals surface area contributed by atoms with E-state index >= 15 is 0 Å². The summed E-state index contributed by atoms with van der Waals surface area (Å²) in [7, 11) is 0. The van der Waals surface area contributed by atoms with Crippen LogP contribution >= 0.6 is 0 Å². The number of nitrogens with zero attached hydrogens (tertiary/aromatic N) is 1. The maximum atomic E-state index is 12.6. The highest BCUT2D eigenvalue weighted by molar-refractivity contribution is 5.91. The molecule has 1 aliphatic rings. The molecule has 1 unspecified atom stereocenters. The topological polar surface area (TPSA) is 62.6 Å². The Hall–Kier alpha value is -2.56. The van der Waals surface area contributed by atoms with E-state index in [4.69, 9.17) is 4.42 Å². The van der Waals surface area contributed by atoms with Gasteiger partial charge in [-0.1, -0.05) is 37.3 Å². The van der Waals surface area contributed by atoms with Crippen molar-refractivity contribution in [3.8, 4) is 0 Å². The van der Waals surface area contributed by atoms with Crippen LogP contribution in [0.3, 0.4) is 0 Å². The number of carbonyl (C=O) groups excluding carboxylic acids is 2. The Labute approximate surface area is 148 Å². The third kappa shape index (κ3) is 4.10. The van der Waals surface area contributed by atoms with Crippen LogP contribution in [0.1, 0.15) is 48.2 Å². The number of rotatable bonds is 5. The highest BCUT2D eigenvalue weighted by Crippen LogP contribution is 2.21. The van der Waals surface area contributed by atoms with Crippen molar-refractivity contribution >= 4 is 11.8 Å². The van der Waals surface area contributed by atoms with Crippen LogP contribution in [0.2, 0.25) is 0 Å². The Balaban J connectivity index is 1.53. The molecule has 1 aliphatic heterocycles. The van der Waals surface area contributed by atoms with Gasteiger partial charge in [-0.15, -0.1) is 0 Å². The lowest BCUT2D eigenvalue weighted by Gasteiger charge is -2.32. The molecule has 0 bridgehead atoms. The lowest BCUT2D eigenvalue weighted by atomic mass is 9.94. The molecule has 2 amide bonds. The van der Waals surface area contributed by atoms with E-state index in [1.807, 2.05) is 37.3 Å². The molecule has 1 aromatic heterocycles. The summed E-state index contributed by atoms with van der Waals surface area (Å²) in [5.74, 6) is 0.247. The fourth-order valence-electron chi connectivity index (χ4n) is 3.34. The summed E-state index contributed by atoms with van der Waals surface area (Å²) in [5.41, 5.74) is 1.05. The molecule has 5 heteroatoms. The zero-order chi connectivity index (χ0) is 17.6. The number of hydrogen-bond acceptors (Lipinski definition) is 3. The van der Waals surface area contributed by atoms with Crippen LogP contribution in [0.4, 0.5) is 0 Å². The summed E-state index contributed by atoms with van der Waals surface area (Å²) < 4.78 is 5.17. The van der Waals surface area contributed by atoms with E-state index in [0.29, 0.717) is 18.8 Å². The van der Waals surface area contributed by atoms with Crippen molar-refractivity contribution in [3.05, 3.63) is 60.1 Å². The van der Waals surface area contributed by atoms with Crippen LogP contribution in [0.5, 0.6) is 0 Å². The normalized spacial score (nSPS) is 16.4. The third-order valence-electron chi connectivity index (χ3n) is 4.79. The van der Waals surface area contributed by atoms with Crippen LogP contribution in [-0.4, -0.2) is 35.8 Å². The Bertz CT molecular complexity index is 689. The van der Waals surface area contributed by atoms with Crippen LogP contribution in [0.15, 0.2) is 53.1 Å². The van der Waals surface area contributed by atoms with Crippen molar-refractivity contribution in [2.24, 2.45) is 0 Å².